The second kappa shape index (κ2) is 7.82. The lowest BCUT2D eigenvalue weighted by Gasteiger charge is -2.12. The lowest BCUT2D eigenvalue weighted by atomic mass is 10.0. The van der Waals surface area contributed by atoms with Crippen molar-refractivity contribution < 1.29 is 9.90 Å². The van der Waals surface area contributed by atoms with Gasteiger partial charge in [-0.15, -0.1) is 0 Å². The van der Waals surface area contributed by atoms with E-state index in [9.17, 15) is 19.5 Å². The van der Waals surface area contributed by atoms with Crippen LogP contribution in [0.25, 0.3) is 5.69 Å². The molecule has 1 N–H and O–H groups in total. The first-order valence-corrected chi connectivity index (χ1v) is 8.98. The Hall–Kier alpha value is -3.19. The van der Waals surface area contributed by atoms with Crippen molar-refractivity contribution in [2.24, 2.45) is 0 Å². The van der Waals surface area contributed by atoms with Crippen LogP contribution >= 0.6 is 11.6 Å². The number of benzene rings is 2. The van der Waals surface area contributed by atoms with Crippen molar-refractivity contribution in [3.63, 3.8) is 0 Å². The smallest absolute Gasteiger partial charge is 0.362 e. The highest BCUT2D eigenvalue weighted by Crippen LogP contribution is 2.16. The summed E-state index contributed by atoms with van der Waals surface area (Å²) in [5, 5.41) is 13.6. The minimum atomic E-state index is -1.50. The molecule has 0 amide bonds. The lowest BCUT2D eigenvalue weighted by molar-refractivity contribution is 0.0684. The summed E-state index contributed by atoms with van der Waals surface area (Å²) in [7, 11) is 0. The summed E-state index contributed by atoms with van der Waals surface area (Å²) in [4.78, 5) is 36.9. The van der Waals surface area contributed by atoms with Crippen LogP contribution in [0.15, 0.2) is 58.1 Å². The van der Waals surface area contributed by atoms with Gasteiger partial charge in [0.25, 0.3) is 5.56 Å². The van der Waals surface area contributed by atoms with Crippen molar-refractivity contribution in [1.29, 1.82) is 0 Å². The van der Waals surface area contributed by atoms with Gasteiger partial charge < -0.3 is 5.11 Å². The number of hydrogen-bond acceptors (Lipinski definition) is 4. The SMILES string of the molecule is CC(C)c1ccc(-n2nc(C(=O)O)c(=O)n(Cc3cccc(Cl)c3)c2=O)cc1. The highest BCUT2D eigenvalue weighted by molar-refractivity contribution is 6.30. The predicted octanol–water partition coefficient (Wildman–Crippen LogP) is 2.92. The molecule has 1 aromatic heterocycles. The van der Waals surface area contributed by atoms with Crippen molar-refractivity contribution in [3.05, 3.63) is 91.2 Å². The van der Waals surface area contributed by atoms with Gasteiger partial charge >= 0.3 is 11.7 Å². The average Bonchev–Trinajstić information content (AvgIpc) is 2.65. The summed E-state index contributed by atoms with van der Waals surface area (Å²) in [6, 6.07) is 13.7. The Balaban J connectivity index is 2.18. The van der Waals surface area contributed by atoms with Crippen LogP contribution in [0.3, 0.4) is 0 Å². The first-order chi connectivity index (χ1) is 13.3. The molecular weight excluding hydrogens is 382 g/mol. The van der Waals surface area contributed by atoms with Crippen molar-refractivity contribution in [2.75, 3.05) is 0 Å². The van der Waals surface area contributed by atoms with E-state index in [-0.39, 0.29) is 6.54 Å². The number of hydrogen-bond donors (Lipinski definition) is 1. The molecule has 3 rings (SSSR count). The molecule has 2 aromatic carbocycles. The molecule has 144 valence electrons. The highest BCUT2D eigenvalue weighted by atomic mass is 35.5. The number of aromatic nitrogens is 3. The van der Waals surface area contributed by atoms with Crippen LogP contribution in [0.1, 0.15) is 41.4 Å². The largest absolute Gasteiger partial charge is 0.476 e. The van der Waals surface area contributed by atoms with Gasteiger partial charge in [-0.2, -0.15) is 9.78 Å². The maximum Gasteiger partial charge on any atom is 0.362 e. The normalized spacial score (nSPS) is 11.0. The number of carboxylic acid groups (broad SMARTS) is 1. The molecule has 0 radical (unpaired) electrons. The average molecular weight is 400 g/mol. The molecule has 8 heteroatoms. The second-order valence-electron chi connectivity index (χ2n) is 6.62. The number of halogens is 1. The van der Waals surface area contributed by atoms with Gasteiger partial charge in [-0.05, 0) is 41.3 Å². The van der Waals surface area contributed by atoms with Crippen LogP contribution in [-0.2, 0) is 6.54 Å². The van der Waals surface area contributed by atoms with Crippen molar-refractivity contribution >= 4 is 17.6 Å². The quantitative estimate of drug-likeness (QED) is 0.711. The third-order valence-corrected chi connectivity index (χ3v) is 4.53. The van der Waals surface area contributed by atoms with E-state index in [1.165, 1.54) is 0 Å². The highest BCUT2D eigenvalue weighted by Gasteiger charge is 2.20. The van der Waals surface area contributed by atoms with E-state index in [0.717, 1.165) is 14.8 Å². The lowest BCUT2D eigenvalue weighted by Crippen LogP contribution is -2.44. The van der Waals surface area contributed by atoms with Crippen molar-refractivity contribution in [3.8, 4) is 5.69 Å². The van der Waals surface area contributed by atoms with Crippen LogP contribution in [0.2, 0.25) is 5.02 Å². The summed E-state index contributed by atoms with van der Waals surface area (Å²) >= 11 is 5.96. The molecule has 0 saturated heterocycles. The fourth-order valence-electron chi connectivity index (χ4n) is 2.77. The zero-order chi connectivity index (χ0) is 20.4. The third-order valence-electron chi connectivity index (χ3n) is 4.30. The summed E-state index contributed by atoms with van der Waals surface area (Å²) in [6.45, 7) is 3.95. The number of carbonyl (C=O) groups is 1. The van der Waals surface area contributed by atoms with Crippen molar-refractivity contribution in [2.45, 2.75) is 26.3 Å². The molecule has 0 bridgehead atoms. The van der Waals surface area contributed by atoms with Crippen LogP contribution in [0.5, 0.6) is 0 Å². The van der Waals surface area contributed by atoms with Gasteiger partial charge in [0.1, 0.15) is 0 Å². The standard InChI is InChI=1S/C20H18ClN3O4/c1-12(2)14-6-8-16(9-7-14)24-20(28)23(18(25)17(22-24)19(26)27)11-13-4-3-5-15(21)10-13/h3-10,12H,11H2,1-2H3,(H,26,27). The molecule has 0 aliphatic rings. The maximum atomic E-state index is 12.9. The van der Waals surface area contributed by atoms with Gasteiger partial charge in [-0.1, -0.05) is 49.7 Å². The Morgan fingerprint density at radius 1 is 1.14 bits per heavy atom. The molecular formula is C20H18ClN3O4. The minimum absolute atomic E-state index is 0.120. The molecule has 0 spiro atoms. The molecule has 0 aliphatic carbocycles. The summed E-state index contributed by atoms with van der Waals surface area (Å²) in [5.41, 5.74) is -0.399. The monoisotopic (exact) mass is 399 g/mol. The van der Waals surface area contributed by atoms with Gasteiger partial charge in [-0.3, -0.25) is 9.36 Å². The molecule has 28 heavy (non-hydrogen) atoms. The van der Waals surface area contributed by atoms with E-state index in [0.29, 0.717) is 22.2 Å². The number of rotatable bonds is 5. The van der Waals surface area contributed by atoms with Gasteiger partial charge in [0.15, 0.2) is 0 Å². The van der Waals surface area contributed by atoms with Crippen LogP contribution in [-0.4, -0.2) is 25.4 Å². The van der Waals surface area contributed by atoms with Gasteiger partial charge in [0, 0.05) is 5.02 Å². The Bertz CT molecular complexity index is 1150. The van der Waals surface area contributed by atoms with E-state index in [1.54, 1.807) is 36.4 Å². The Morgan fingerprint density at radius 3 is 2.39 bits per heavy atom. The van der Waals surface area contributed by atoms with E-state index in [4.69, 9.17) is 11.6 Å². The molecule has 7 nitrogen and oxygen atoms in total. The summed E-state index contributed by atoms with van der Waals surface area (Å²) in [5.74, 6) is -1.21. The first kappa shape index (κ1) is 19.6. The number of nitrogens with zero attached hydrogens (tertiary/aromatic N) is 3. The molecule has 0 aliphatic heterocycles. The van der Waals surface area contributed by atoms with Crippen molar-refractivity contribution in [1.82, 2.24) is 14.3 Å². The third kappa shape index (κ3) is 3.89. The second-order valence-corrected chi connectivity index (χ2v) is 7.05. The Kier molecular flexibility index (Phi) is 5.46. The number of carboxylic acids is 1. The molecule has 0 atom stereocenters. The minimum Gasteiger partial charge on any atom is -0.476 e. The van der Waals surface area contributed by atoms with Gasteiger partial charge in [-0.25, -0.2) is 9.59 Å². The zero-order valence-corrected chi connectivity index (χ0v) is 16.1. The Morgan fingerprint density at radius 2 is 1.82 bits per heavy atom. The topological polar surface area (TPSA) is 94.2 Å². The van der Waals surface area contributed by atoms with Crippen LogP contribution in [0, 0.1) is 0 Å². The molecule has 0 saturated carbocycles. The molecule has 0 unspecified atom stereocenters. The van der Waals surface area contributed by atoms with Crippen LogP contribution < -0.4 is 11.2 Å². The van der Waals surface area contributed by atoms with E-state index < -0.39 is 22.9 Å². The van der Waals surface area contributed by atoms with E-state index >= 15 is 0 Å². The molecule has 3 aromatic rings. The van der Waals surface area contributed by atoms with Gasteiger partial charge in [0.05, 0.1) is 12.2 Å². The maximum absolute atomic E-state index is 12.9. The molecule has 1 heterocycles. The molecule has 0 fully saturated rings. The first-order valence-electron chi connectivity index (χ1n) is 8.60. The van der Waals surface area contributed by atoms with Crippen LogP contribution in [0.4, 0.5) is 0 Å². The van der Waals surface area contributed by atoms with E-state index in [1.807, 2.05) is 26.0 Å². The van der Waals surface area contributed by atoms with E-state index in [2.05, 4.69) is 5.10 Å². The fraction of sp³-hybridized carbons (Fsp3) is 0.200. The number of aromatic carboxylic acids is 1. The Labute approximate surface area is 165 Å². The van der Waals surface area contributed by atoms with Gasteiger partial charge in [0.2, 0.25) is 5.69 Å². The summed E-state index contributed by atoms with van der Waals surface area (Å²) < 4.78 is 1.78. The fourth-order valence-corrected chi connectivity index (χ4v) is 2.99. The predicted molar refractivity (Wildman–Crippen MR) is 106 cm³/mol. The zero-order valence-electron chi connectivity index (χ0n) is 15.3. The summed E-state index contributed by atoms with van der Waals surface area (Å²) in [6.07, 6.45) is 0.